The van der Waals surface area contributed by atoms with Crippen molar-refractivity contribution in [2.45, 2.75) is 19.3 Å². The second kappa shape index (κ2) is 3.91. The van der Waals surface area contributed by atoms with Crippen LogP contribution in [0.4, 0.5) is 5.69 Å². The van der Waals surface area contributed by atoms with Crippen LogP contribution < -0.4 is 5.32 Å². The van der Waals surface area contributed by atoms with Crippen molar-refractivity contribution in [3.63, 3.8) is 0 Å². The molecule has 1 N–H and O–H groups in total. The Hall–Kier alpha value is -2.69. The molecule has 1 aliphatic heterocycles. The number of pyridine rings is 1. The number of nitrogens with one attached hydrogen (secondary N) is 1. The molecular weight excluding hydrogens is 266 g/mol. The molecule has 1 aliphatic rings. The number of amides is 1. The molecule has 1 amide bonds. The summed E-state index contributed by atoms with van der Waals surface area (Å²) in [6.07, 6.45) is 3.40. The fourth-order valence-corrected chi connectivity index (χ4v) is 2.61. The predicted octanol–water partition coefficient (Wildman–Crippen LogP) is 3.12. The highest BCUT2D eigenvalue weighted by Crippen LogP contribution is 2.40. The molecule has 0 atom stereocenters. The first-order valence-electron chi connectivity index (χ1n) is 6.72. The third-order valence-corrected chi connectivity index (χ3v) is 3.94. The summed E-state index contributed by atoms with van der Waals surface area (Å²) < 4.78 is 5.79. The number of benzene rings is 1. The zero-order valence-electron chi connectivity index (χ0n) is 11.7. The molecule has 4 rings (SSSR count). The van der Waals surface area contributed by atoms with Gasteiger partial charge in [0.2, 0.25) is 11.8 Å². The lowest BCUT2D eigenvalue weighted by Gasteiger charge is -2.14. The van der Waals surface area contributed by atoms with Gasteiger partial charge in [-0.3, -0.25) is 9.78 Å². The largest absolute Gasteiger partial charge is 0.436 e. The van der Waals surface area contributed by atoms with E-state index in [4.69, 9.17) is 4.42 Å². The van der Waals surface area contributed by atoms with Crippen LogP contribution in [0.1, 0.15) is 19.4 Å². The zero-order valence-corrected chi connectivity index (χ0v) is 11.7. The van der Waals surface area contributed by atoms with E-state index in [-0.39, 0.29) is 5.91 Å². The summed E-state index contributed by atoms with van der Waals surface area (Å²) in [5, 5.41) is 2.89. The number of rotatable bonds is 1. The van der Waals surface area contributed by atoms with Gasteiger partial charge in [0.15, 0.2) is 5.58 Å². The van der Waals surface area contributed by atoms with Gasteiger partial charge in [0.05, 0.1) is 5.41 Å². The van der Waals surface area contributed by atoms with E-state index in [2.05, 4.69) is 15.3 Å². The summed E-state index contributed by atoms with van der Waals surface area (Å²) in [6.45, 7) is 3.81. The number of aromatic nitrogens is 2. The maximum absolute atomic E-state index is 12.0. The predicted molar refractivity (Wildman–Crippen MR) is 78.9 cm³/mol. The summed E-state index contributed by atoms with van der Waals surface area (Å²) in [4.78, 5) is 20.5. The Labute approximate surface area is 121 Å². The molecule has 1 aromatic carbocycles. The Kier molecular flexibility index (Phi) is 2.25. The van der Waals surface area contributed by atoms with E-state index in [9.17, 15) is 4.79 Å². The van der Waals surface area contributed by atoms with E-state index >= 15 is 0 Å². The van der Waals surface area contributed by atoms with Crippen molar-refractivity contribution in [1.29, 1.82) is 0 Å². The van der Waals surface area contributed by atoms with Crippen LogP contribution in [0, 0.1) is 0 Å². The standard InChI is InChI=1S/C16H13N3O2/c1-16(2)10-7-12-13(8-11(10)19-15(16)20)21-14(18-12)9-3-5-17-6-4-9/h3-8H,1-2H3,(H,19,20). The first-order chi connectivity index (χ1) is 10.1. The number of carbonyl (C=O) groups excluding carboxylic acids is 1. The fraction of sp³-hybridized carbons (Fsp3) is 0.188. The molecule has 0 saturated carbocycles. The normalized spacial score (nSPS) is 16.0. The van der Waals surface area contributed by atoms with Crippen molar-refractivity contribution in [3.8, 4) is 11.5 Å². The number of carbonyl (C=O) groups is 1. The van der Waals surface area contributed by atoms with Gasteiger partial charge in [-0.05, 0) is 37.6 Å². The van der Waals surface area contributed by atoms with E-state index in [0.717, 1.165) is 22.3 Å². The quantitative estimate of drug-likeness (QED) is 0.743. The second-order valence-corrected chi connectivity index (χ2v) is 5.70. The summed E-state index contributed by atoms with van der Waals surface area (Å²) in [7, 11) is 0. The maximum atomic E-state index is 12.0. The van der Waals surface area contributed by atoms with Crippen LogP contribution >= 0.6 is 0 Å². The number of hydrogen-bond donors (Lipinski definition) is 1. The van der Waals surface area contributed by atoms with Gasteiger partial charge in [-0.25, -0.2) is 4.98 Å². The summed E-state index contributed by atoms with van der Waals surface area (Å²) in [6, 6.07) is 7.47. The van der Waals surface area contributed by atoms with Crippen LogP contribution in [0.15, 0.2) is 41.1 Å². The number of oxazole rings is 1. The van der Waals surface area contributed by atoms with Crippen LogP contribution in [0.2, 0.25) is 0 Å². The molecule has 3 aromatic rings. The first-order valence-corrected chi connectivity index (χ1v) is 6.72. The van der Waals surface area contributed by atoms with Crippen molar-refractivity contribution in [1.82, 2.24) is 9.97 Å². The Morgan fingerprint density at radius 3 is 2.71 bits per heavy atom. The fourth-order valence-electron chi connectivity index (χ4n) is 2.61. The molecule has 5 heteroatoms. The van der Waals surface area contributed by atoms with E-state index in [1.165, 1.54) is 0 Å². The summed E-state index contributed by atoms with van der Waals surface area (Å²) >= 11 is 0. The molecule has 0 saturated heterocycles. The molecule has 5 nitrogen and oxygen atoms in total. The Morgan fingerprint density at radius 2 is 1.95 bits per heavy atom. The highest BCUT2D eigenvalue weighted by molar-refractivity contribution is 6.07. The Morgan fingerprint density at radius 1 is 1.19 bits per heavy atom. The van der Waals surface area contributed by atoms with Crippen molar-refractivity contribution in [2.24, 2.45) is 0 Å². The minimum atomic E-state index is -0.542. The van der Waals surface area contributed by atoms with Gasteiger partial charge in [0.1, 0.15) is 5.52 Å². The molecule has 0 radical (unpaired) electrons. The molecule has 2 aromatic heterocycles. The third kappa shape index (κ3) is 1.67. The summed E-state index contributed by atoms with van der Waals surface area (Å²) in [5.74, 6) is 0.555. The molecule has 104 valence electrons. The lowest BCUT2D eigenvalue weighted by atomic mass is 9.86. The van der Waals surface area contributed by atoms with Crippen LogP contribution in [-0.4, -0.2) is 15.9 Å². The van der Waals surface area contributed by atoms with Crippen LogP contribution in [0.5, 0.6) is 0 Å². The molecule has 21 heavy (non-hydrogen) atoms. The van der Waals surface area contributed by atoms with Gasteiger partial charge in [-0.15, -0.1) is 0 Å². The molecule has 0 spiro atoms. The zero-order chi connectivity index (χ0) is 14.6. The van der Waals surface area contributed by atoms with Crippen molar-refractivity contribution >= 4 is 22.7 Å². The van der Waals surface area contributed by atoms with Crippen LogP contribution in [0.25, 0.3) is 22.6 Å². The first kappa shape index (κ1) is 12.1. The van der Waals surface area contributed by atoms with Gasteiger partial charge < -0.3 is 9.73 Å². The second-order valence-electron chi connectivity index (χ2n) is 5.70. The molecular formula is C16H13N3O2. The molecule has 0 fully saturated rings. The monoisotopic (exact) mass is 279 g/mol. The summed E-state index contributed by atoms with van der Waals surface area (Å²) in [5.41, 5.74) is 3.51. The maximum Gasteiger partial charge on any atom is 0.234 e. The van der Waals surface area contributed by atoms with Crippen molar-refractivity contribution in [3.05, 3.63) is 42.2 Å². The van der Waals surface area contributed by atoms with Gasteiger partial charge in [-0.2, -0.15) is 0 Å². The van der Waals surface area contributed by atoms with E-state index in [1.54, 1.807) is 12.4 Å². The Balaban J connectivity index is 1.90. The molecule has 0 bridgehead atoms. The molecule has 3 heterocycles. The van der Waals surface area contributed by atoms with Crippen molar-refractivity contribution in [2.75, 3.05) is 5.32 Å². The lowest BCUT2D eigenvalue weighted by Crippen LogP contribution is -2.26. The highest BCUT2D eigenvalue weighted by Gasteiger charge is 2.39. The van der Waals surface area contributed by atoms with Gasteiger partial charge in [-0.1, -0.05) is 0 Å². The van der Waals surface area contributed by atoms with Gasteiger partial charge in [0, 0.05) is 29.7 Å². The van der Waals surface area contributed by atoms with Crippen molar-refractivity contribution < 1.29 is 9.21 Å². The molecule has 0 aliphatic carbocycles. The average molecular weight is 279 g/mol. The topological polar surface area (TPSA) is 68.0 Å². The lowest BCUT2D eigenvalue weighted by molar-refractivity contribution is -0.119. The average Bonchev–Trinajstić information content (AvgIpc) is 2.98. The van der Waals surface area contributed by atoms with E-state index < -0.39 is 5.41 Å². The molecule has 0 unspecified atom stereocenters. The number of anilines is 1. The minimum Gasteiger partial charge on any atom is -0.436 e. The third-order valence-electron chi connectivity index (χ3n) is 3.94. The SMILES string of the molecule is CC1(C)C(=O)Nc2cc3oc(-c4ccncc4)nc3cc21. The van der Waals surface area contributed by atoms with Gasteiger partial charge >= 0.3 is 0 Å². The van der Waals surface area contributed by atoms with Crippen LogP contribution in [-0.2, 0) is 10.2 Å². The Bertz CT molecular complexity index is 866. The van der Waals surface area contributed by atoms with Gasteiger partial charge in [0.25, 0.3) is 0 Å². The van der Waals surface area contributed by atoms with E-state index in [1.807, 2.05) is 38.1 Å². The number of fused-ring (bicyclic) bond motifs is 2. The van der Waals surface area contributed by atoms with E-state index in [0.29, 0.717) is 11.5 Å². The number of nitrogens with zero attached hydrogens (tertiary/aromatic N) is 2. The van der Waals surface area contributed by atoms with Crippen LogP contribution in [0.3, 0.4) is 0 Å². The highest BCUT2D eigenvalue weighted by atomic mass is 16.3. The minimum absolute atomic E-state index is 0.000453. The smallest absolute Gasteiger partial charge is 0.234 e. The number of hydrogen-bond acceptors (Lipinski definition) is 4.